The minimum absolute atomic E-state index is 0.151. The molecule has 1 N–H and O–H groups in total. The van der Waals surface area contributed by atoms with Crippen molar-refractivity contribution in [1.29, 1.82) is 0 Å². The van der Waals surface area contributed by atoms with E-state index in [-0.39, 0.29) is 29.1 Å². The van der Waals surface area contributed by atoms with Crippen molar-refractivity contribution in [2.24, 2.45) is 0 Å². The molecule has 0 aliphatic heterocycles. The topological polar surface area (TPSA) is 64.3 Å². The van der Waals surface area contributed by atoms with Crippen molar-refractivity contribution < 1.29 is 14.2 Å². The van der Waals surface area contributed by atoms with Gasteiger partial charge < -0.3 is 14.4 Å². The van der Waals surface area contributed by atoms with Crippen molar-refractivity contribution in [2.75, 3.05) is 7.11 Å². The summed E-state index contributed by atoms with van der Waals surface area (Å²) in [6.07, 6.45) is 3.19. The van der Waals surface area contributed by atoms with Gasteiger partial charge in [-0.25, -0.2) is 4.39 Å². The highest BCUT2D eigenvalue weighted by Gasteiger charge is 2.18. The number of aromatic hydroxyl groups is 1. The number of ether oxygens (including phenoxy) is 1. The molecular weight excluding hydrogens is 335 g/mol. The quantitative estimate of drug-likeness (QED) is 0.575. The third-order valence-corrected chi connectivity index (χ3v) is 4.39. The number of fused-ring (bicyclic) bond motifs is 2. The Hall–Kier alpha value is -3.41. The molecule has 26 heavy (non-hydrogen) atoms. The number of hydrogen-bond donors (Lipinski definition) is 1. The highest BCUT2D eigenvalue weighted by atomic mass is 19.1. The average molecular weight is 350 g/mol. The van der Waals surface area contributed by atoms with E-state index < -0.39 is 0 Å². The van der Waals surface area contributed by atoms with E-state index in [9.17, 15) is 14.3 Å². The van der Waals surface area contributed by atoms with Gasteiger partial charge in [0.1, 0.15) is 17.1 Å². The Balaban J connectivity index is 1.97. The van der Waals surface area contributed by atoms with E-state index in [1.165, 1.54) is 23.8 Å². The van der Waals surface area contributed by atoms with Crippen LogP contribution in [0.3, 0.4) is 0 Å². The molecule has 0 radical (unpaired) electrons. The Morgan fingerprint density at radius 2 is 1.92 bits per heavy atom. The Bertz CT molecular complexity index is 1180. The summed E-state index contributed by atoms with van der Waals surface area (Å²) < 4.78 is 20.0. The lowest BCUT2D eigenvalue weighted by Gasteiger charge is -2.13. The molecule has 2 heterocycles. The number of benzene rings is 2. The second-order valence-corrected chi connectivity index (χ2v) is 5.95. The standard InChI is InChI=1S/C20H15FN2O3/c1-26-19-14-8-10-23(11-12-4-6-13(21)7-5-12)20(25)16(14)18(24)17-15(19)3-2-9-22-17/h2-10,24H,11H2,1H3. The van der Waals surface area contributed by atoms with Crippen LogP contribution in [0, 0.1) is 5.82 Å². The van der Waals surface area contributed by atoms with E-state index in [1.54, 1.807) is 42.7 Å². The van der Waals surface area contributed by atoms with Gasteiger partial charge in [-0.1, -0.05) is 12.1 Å². The van der Waals surface area contributed by atoms with E-state index in [1.807, 2.05) is 0 Å². The van der Waals surface area contributed by atoms with Gasteiger partial charge in [-0.05, 0) is 35.9 Å². The number of nitrogens with zero attached hydrogens (tertiary/aromatic N) is 2. The van der Waals surface area contributed by atoms with Crippen molar-refractivity contribution in [1.82, 2.24) is 9.55 Å². The van der Waals surface area contributed by atoms with Crippen molar-refractivity contribution in [3.8, 4) is 11.5 Å². The summed E-state index contributed by atoms with van der Waals surface area (Å²) in [6.45, 7) is 0.261. The summed E-state index contributed by atoms with van der Waals surface area (Å²) in [5, 5.41) is 12.0. The van der Waals surface area contributed by atoms with Gasteiger partial charge in [0.15, 0.2) is 5.75 Å². The summed E-state index contributed by atoms with van der Waals surface area (Å²) in [4.78, 5) is 17.2. The number of hydrogen-bond acceptors (Lipinski definition) is 4. The molecule has 0 spiro atoms. The Morgan fingerprint density at radius 1 is 1.15 bits per heavy atom. The zero-order valence-electron chi connectivity index (χ0n) is 13.9. The summed E-state index contributed by atoms with van der Waals surface area (Å²) in [6, 6.07) is 11.2. The predicted molar refractivity (Wildman–Crippen MR) is 97.2 cm³/mol. The molecule has 130 valence electrons. The van der Waals surface area contributed by atoms with Crippen LogP contribution in [-0.2, 0) is 6.54 Å². The molecule has 0 unspecified atom stereocenters. The van der Waals surface area contributed by atoms with Gasteiger partial charge in [-0.3, -0.25) is 9.78 Å². The van der Waals surface area contributed by atoms with Gasteiger partial charge in [0.25, 0.3) is 5.56 Å². The van der Waals surface area contributed by atoms with Crippen LogP contribution in [0.4, 0.5) is 4.39 Å². The molecule has 5 nitrogen and oxygen atoms in total. The minimum Gasteiger partial charge on any atom is -0.505 e. The smallest absolute Gasteiger partial charge is 0.262 e. The van der Waals surface area contributed by atoms with Crippen molar-refractivity contribution in [3.05, 3.63) is 76.6 Å². The number of pyridine rings is 2. The number of methoxy groups -OCH3 is 1. The maximum Gasteiger partial charge on any atom is 0.262 e. The summed E-state index contributed by atoms with van der Waals surface area (Å²) in [5.74, 6) is -0.0127. The van der Waals surface area contributed by atoms with Crippen LogP contribution in [0.2, 0.25) is 0 Å². The fraction of sp³-hybridized carbons (Fsp3) is 0.100. The van der Waals surface area contributed by atoms with E-state index >= 15 is 0 Å². The predicted octanol–water partition coefficient (Wildman–Crippen LogP) is 3.45. The molecule has 0 saturated heterocycles. The van der Waals surface area contributed by atoms with E-state index in [0.717, 1.165) is 5.56 Å². The first kappa shape index (κ1) is 16.1. The lowest BCUT2D eigenvalue weighted by molar-refractivity contribution is 0.423. The fourth-order valence-electron chi connectivity index (χ4n) is 3.16. The second-order valence-electron chi connectivity index (χ2n) is 5.95. The lowest BCUT2D eigenvalue weighted by atomic mass is 10.1. The molecule has 0 saturated carbocycles. The first-order valence-corrected chi connectivity index (χ1v) is 8.01. The van der Waals surface area contributed by atoms with E-state index in [0.29, 0.717) is 22.0 Å². The number of phenolic OH excluding ortho intramolecular Hbond substituents is 1. The zero-order chi connectivity index (χ0) is 18.3. The lowest BCUT2D eigenvalue weighted by Crippen LogP contribution is -2.20. The number of aromatic nitrogens is 2. The molecule has 2 aromatic carbocycles. The molecule has 0 aliphatic carbocycles. The van der Waals surface area contributed by atoms with Gasteiger partial charge >= 0.3 is 0 Å². The highest BCUT2D eigenvalue weighted by Crippen LogP contribution is 2.39. The Kier molecular flexibility index (Phi) is 3.80. The molecule has 2 aromatic heterocycles. The maximum atomic E-state index is 13.1. The fourth-order valence-corrected chi connectivity index (χ4v) is 3.16. The number of rotatable bonds is 3. The SMILES string of the molecule is COc1c2cccnc2c(O)c2c(=O)n(Cc3ccc(F)cc3)ccc12. The van der Waals surface area contributed by atoms with Crippen molar-refractivity contribution in [2.45, 2.75) is 6.54 Å². The molecule has 0 fully saturated rings. The van der Waals surface area contributed by atoms with Crippen molar-refractivity contribution in [3.63, 3.8) is 0 Å². The van der Waals surface area contributed by atoms with Gasteiger partial charge in [0.05, 0.1) is 19.0 Å². The molecular formula is C20H15FN2O3. The van der Waals surface area contributed by atoms with Crippen LogP contribution in [0.1, 0.15) is 5.56 Å². The Labute approximate surface area is 147 Å². The second kappa shape index (κ2) is 6.15. The normalized spacial score (nSPS) is 11.2. The molecule has 6 heteroatoms. The largest absolute Gasteiger partial charge is 0.505 e. The van der Waals surface area contributed by atoms with Crippen LogP contribution in [0.15, 0.2) is 59.7 Å². The van der Waals surface area contributed by atoms with Crippen LogP contribution < -0.4 is 10.3 Å². The van der Waals surface area contributed by atoms with Crippen molar-refractivity contribution >= 4 is 21.7 Å². The van der Waals surface area contributed by atoms with Crippen LogP contribution in [-0.4, -0.2) is 21.8 Å². The molecule has 4 aromatic rings. The average Bonchev–Trinajstić information content (AvgIpc) is 2.66. The molecule has 0 aliphatic rings. The van der Waals surface area contributed by atoms with Crippen LogP contribution in [0.25, 0.3) is 21.7 Å². The minimum atomic E-state index is -0.366. The number of halogens is 1. The van der Waals surface area contributed by atoms with Gasteiger partial charge in [0.2, 0.25) is 0 Å². The van der Waals surface area contributed by atoms with Gasteiger partial charge in [0, 0.05) is 23.2 Å². The van der Waals surface area contributed by atoms with Crippen LogP contribution >= 0.6 is 0 Å². The number of phenols is 1. The van der Waals surface area contributed by atoms with Crippen LogP contribution in [0.5, 0.6) is 11.5 Å². The first-order valence-electron chi connectivity index (χ1n) is 8.01. The first-order chi connectivity index (χ1) is 12.6. The summed E-state index contributed by atoms with van der Waals surface area (Å²) in [7, 11) is 1.52. The van der Waals surface area contributed by atoms with E-state index in [2.05, 4.69) is 4.98 Å². The van der Waals surface area contributed by atoms with Gasteiger partial charge in [-0.15, -0.1) is 0 Å². The molecule has 0 bridgehead atoms. The maximum absolute atomic E-state index is 13.1. The van der Waals surface area contributed by atoms with E-state index in [4.69, 9.17) is 4.74 Å². The molecule has 4 rings (SSSR count). The zero-order valence-corrected chi connectivity index (χ0v) is 13.9. The summed E-state index contributed by atoms with van der Waals surface area (Å²) >= 11 is 0. The molecule has 0 atom stereocenters. The molecule has 0 amide bonds. The van der Waals surface area contributed by atoms with Gasteiger partial charge in [-0.2, -0.15) is 0 Å². The summed E-state index contributed by atoms with van der Waals surface area (Å²) in [5.41, 5.74) is 0.724. The Morgan fingerprint density at radius 3 is 2.65 bits per heavy atom. The third kappa shape index (κ3) is 2.47. The third-order valence-electron chi connectivity index (χ3n) is 4.39. The highest BCUT2D eigenvalue weighted by molar-refractivity contribution is 6.08. The monoisotopic (exact) mass is 350 g/mol.